The minimum Gasteiger partial charge on any atom is -0.336 e. The molecule has 4 N–H and O–H groups in total. The first-order valence-electron chi connectivity index (χ1n) is 6.63. The van der Waals surface area contributed by atoms with Crippen LogP contribution in [-0.4, -0.2) is 12.6 Å². The zero-order valence-electron chi connectivity index (χ0n) is 12.5. The first-order chi connectivity index (χ1) is 8.77. The van der Waals surface area contributed by atoms with E-state index < -0.39 is 0 Å². The highest BCUT2D eigenvalue weighted by Gasteiger charge is 2.23. The summed E-state index contributed by atoms with van der Waals surface area (Å²) in [5.74, 6) is 5.57. The number of hydrogen-bond donors (Lipinski definition) is 3. The van der Waals surface area contributed by atoms with Crippen LogP contribution in [-0.2, 0) is 5.41 Å². The van der Waals surface area contributed by atoms with Gasteiger partial charge >= 0.3 is 6.03 Å². The smallest absolute Gasteiger partial charge is 0.328 e. The Morgan fingerprint density at radius 3 is 2.53 bits per heavy atom. The van der Waals surface area contributed by atoms with Crippen LogP contribution in [0.4, 0.5) is 4.79 Å². The minimum absolute atomic E-state index is 0.137. The van der Waals surface area contributed by atoms with E-state index in [2.05, 4.69) is 63.6 Å². The van der Waals surface area contributed by atoms with Crippen LogP contribution in [0, 0.1) is 6.92 Å². The predicted molar refractivity (Wildman–Crippen MR) is 79.0 cm³/mol. The fraction of sp³-hybridized carbons (Fsp3) is 0.533. The largest absolute Gasteiger partial charge is 0.336 e. The van der Waals surface area contributed by atoms with Gasteiger partial charge in [-0.1, -0.05) is 45.9 Å². The maximum absolute atomic E-state index is 11.2. The van der Waals surface area contributed by atoms with Crippen LogP contribution >= 0.6 is 0 Å². The fourth-order valence-electron chi connectivity index (χ4n) is 2.18. The Bertz CT molecular complexity index is 453. The molecule has 0 radical (unpaired) electrons. The van der Waals surface area contributed by atoms with Gasteiger partial charge in [0.2, 0.25) is 0 Å². The molecule has 0 aliphatic rings. The van der Waals surface area contributed by atoms with Crippen LogP contribution < -0.4 is 16.6 Å². The molecule has 0 bridgehead atoms. The zero-order valence-corrected chi connectivity index (χ0v) is 12.5. The van der Waals surface area contributed by atoms with Gasteiger partial charge in [-0.05, 0) is 29.5 Å². The van der Waals surface area contributed by atoms with Gasteiger partial charge in [0.15, 0.2) is 0 Å². The van der Waals surface area contributed by atoms with Crippen molar-refractivity contribution < 1.29 is 4.79 Å². The number of amides is 2. The second-order valence-corrected chi connectivity index (χ2v) is 5.94. The molecule has 1 aromatic rings. The van der Waals surface area contributed by atoms with Crippen molar-refractivity contribution in [3.8, 4) is 0 Å². The molecule has 0 fully saturated rings. The van der Waals surface area contributed by atoms with E-state index in [1.54, 1.807) is 0 Å². The summed E-state index contributed by atoms with van der Waals surface area (Å²) in [5.41, 5.74) is 5.76. The van der Waals surface area contributed by atoms with E-state index in [4.69, 9.17) is 5.84 Å². The molecule has 0 saturated carbocycles. The van der Waals surface area contributed by atoms with Gasteiger partial charge in [0.05, 0.1) is 0 Å². The summed E-state index contributed by atoms with van der Waals surface area (Å²) in [4.78, 5) is 11.2. The lowest BCUT2D eigenvalue weighted by Crippen LogP contribution is -2.45. The molecule has 2 amide bonds. The summed E-state index contributed by atoms with van der Waals surface area (Å²) in [5, 5.41) is 2.77. The summed E-state index contributed by atoms with van der Waals surface area (Å²) >= 11 is 0. The molecule has 19 heavy (non-hydrogen) atoms. The van der Waals surface area contributed by atoms with Gasteiger partial charge in [0.1, 0.15) is 0 Å². The van der Waals surface area contributed by atoms with Gasteiger partial charge in [-0.15, -0.1) is 0 Å². The second kappa shape index (κ2) is 6.06. The van der Waals surface area contributed by atoms with E-state index in [0.29, 0.717) is 12.5 Å². The van der Waals surface area contributed by atoms with Crippen molar-refractivity contribution in [1.82, 2.24) is 10.7 Å². The van der Waals surface area contributed by atoms with Crippen LogP contribution in [0.15, 0.2) is 18.2 Å². The van der Waals surface area contributed by atoms with Crippen LogP contribution in [0.3, 0.4) is 0 Å². The molecule has 0 atom stereocenters. The van der Waals surface area contributed by atoms with Crippen molar-refractivity contribution >= 4 is 6.03 Å². The summed E-state index contributed by atoms with van der Waals surface area (Å²) in [6.45, 7) is 11.2. The highest BCUT2D eigenvalue weighted by molar-refractivity contribution is 5.73. The Hall–Kier alpha value is -1.55. The second-order valence-electron chi connectivity index (χ2n) is 5.94. The Kier molecular flexibility index (Phi) is 4.95. The number of nitrogens with one attached hydrogen (secondary N) is 2. The van der Waals surface area contributed by atoms with Crippen molar-refractivity contribution in [2.75, 3.05) is 6.54 Å². The van der Waals surface area contributed by atoms with E-state index in [-0.39, 0.29) is 11.4 Å². The Labute approximate surface area is 115 Å². The van der Waals surface area contributed by atoms with Gasteiger partial charge < -0.3 is 5.32 Å². The number of urea groups is 1. The van der Waals surface area contributed by atoms with Crippen molar-refractivity contribution in [2.24, 2.45) is 5.84 Å². The number of aryl methyl sites for hydroxylation is 1. The van der Waals surface area contributed by atoms with Crippen molar-refractivity contribution in [3.63, 3.8) is 0 Å². The third-order valence-corrected chi connectivity index (χ3v) is 3.48. The van der Waals surface area contributed by atoms with Crippen molar-refractivity contribution in [2.45, 2.75) is 46.0 Å². The van der Waals surface area contributed by atoms with Crippen molar-refractivity contribution in [1.29, 1.82) is 0 Å². The number of benzene rings is 1. The summed E-state index contributed by atoms with van der Waals surface area (Å²) < 4.78 is 0. The lowest BCUT2D eigenvalue weighted by Gasteiger charge is -2.28. The third-order valence-electron chi connectivity index (χ3n) is 3.48. The molecule has 0 aliphatic heterocycles. The predicted octanol–water partition coefficient (Wildman–Crippen LogP) is 2.57. The SMILES string of the molecule is Cc1ccc(C(C)C)cc1C(C)(C)CNC(=O)NN. The highest BCUT2D eigenvalue weighted by atomic mass is 16.2. The van der Waals surface area contributed by atoms with Gasteiger partial charge in [0, 0.05) is 12.0 Å². The standard InChI is InChI=1S/C15H25N3O/c1-10(2)12-7-6-11(3)13(8-12)15(4,5)9-17-14(19)18-16/h6-8,10H,9,16H2,1-5H3,(H2,17,18,19). The quantitative estimate of drug-likeness (QED) is 0.444. The first-order valence-corrected chi connectivity index (χ1v) is 6.63. The average molecular weight is 263 g/mol. The first kappa shape index (κ1) is 15.5. The van der Waals surface area contributed by atoms with E-state index in [1.807, 2.05) is 0 Å². The number of carbonyl (C=O) groups is 1. The normalized spacial score (nSPS) is 11.5. The van der Waals surface area contributed by atoms with Gasteiger partial charge in [-0.2, -0.15) is 0 Å². The molecule has 0 aliphatic carbocycles. The average Bonchev–Trinajstić information content (AvgIpc) is 2.36. The third kappa shape index (κ3) is 3.96. The van der Waals surface area contributed by atoms with E-state index in [1.165, 1.54) is 16.7 Å². The number of nitrogens with two attached hydrogens (primary N) is 1. The zero-order chi connectivity index (χ0) is 14.6. The topological polar surface area (TPSA) is 67.2 Å². The Balaban J connectivity index is 2.99. The molecule has 4 heteroatoms. The number of carbonyl (C=O) groups excluding carboxylic acids is 1. The molecule has 0 heterocycles. The van der Waals surface area contributed by atoms with E-state index >= 15 is 0 Å². The minimum atomic E-state index is -0.356. The Morgan fingerprint density at radius 1 is 1.37 bits per heavy atom. The maximum atomic E-state index is 11.2. The molecule has 1 rings (SSSR count). The molecule has 0 aromatic heterocycles. The van der Waals surface area contributed by atoms with E-state index in [0.717, 1.165) is 0 Å². The molecule has 106 valence electrons. The molecule has 0 unspecified atom stereocenters. The number of hydrogen-bond acceptors (Lipinski definition) is 2. The van der Waals surface area contributed by atoms with Crippen molar-refractivity contribution in [3.05, 3.63) is 34.9 Å². The van der Waals surface area contributed by atoms with Gasteiger partial charge in [-0.3, -0.25) is 5.43 Å². The number of hydrazine groups is 1. The van der Waals surface area contributed by atoms with E-state index in [9.17, 15) is 4.79 Å². The van der Waals surface area contributed by atoms with Crippen LogP contribution in [0.5, 0.6) is 0 Å². The summed E-state index contributed by atoms with van der Waals surface area (Å²) in [6, 6.07) is 6.20. The molecule has 4 nitrogen and oxygen atoms in total. The molecular formula is C15H25N3O. The maximum Gasteiger partial charge on any atom is 0.328 e. The van der Waals surface area contributed by atoms with Crippen LogP contribution in [0.25, 0.3) is 0 Å². The summed E-state index contributed by atoms with van der Waals surface area (Å²) in [6.07, 6.45) is 0. The highest BCUT2D eigenvalue weighted by Crippen LogP contribution is 2.28. The van der Waals surface area contributed by atoms with Crippen LogP contribution in [0.2, 0.25) is 0 Å². The number of rotatable bonds is 4. The van der Waals surface area contributed by atoms with Crippen LogP contribution in [0.1, 0.15) is 50.3 Å². The monoisotopic (exact) mass is 263 g/mol. The molecule has 0 saturated heterocycles. The molecular weight excluding hydrogens is 238 g/mol. The van der Waals surface area contributed by atoms with Gasteiger partial charge in [-0.25, -0.2) is 10.6 Å². The lowest BCUT2D eigenvalue weighted by atomic mass is 9.80. The van der Waals surface area contributed by atoms with Gasteiger partial charge in [0.25, 0.3) is 0 Å². The summed E-state index contributed by atoms with van der Waals surface area (Å²) in [7, 11) is 0. The lowest BCUT2D eigenvalue weighted by molar-refractivity contribution is 0.238. The Morgan fingerprint density at radius 2 is 2.00 bits per heavy atom. The molecule has 1 aromatic carbocycles. The fourth-order valence-corrected chi connectivity index (χ4v) is 2.18. The molecule has 0 spiro atoms.